The van der Waals surface area contributed by atoms with Crippen molar-refractivity contribution in [1.82, 2.24) is 14.7 Å². The lowest BCUT2D eigenvalue weighted by Crippen LogP contribution is -2.28. The molecule has 1 fully saturated rings. The highest BCUT2D eigenvalue weighted by molar-refractivity contribution is 6.32. The molecule has 1 saturated heterocycles. The third-order valence-corrected chi connectivity index (χ3v) is 4.73. The van der Waals surface area contributed by atoms with Gasteiger partial charge in [-0.25, -0.2) is 4.68 Å². The fourth-order valence-electron chi connectivity index (χ4n) is 2.83. The Morgan fingerprint density at radius 3 is 2.68 bits per heavy atom. The predicted octanol–water partition coefficient (Wildman–Crippen LogP) is 4.02. The highest BCUT2D eigenvalue weighted by Gasteiger charge is 2.23. The van der Waals surface area contributed by atoms with Gasteiger partial charge in [0.15, 0.2) is 0 Å². The smallest absolute Gasteiger partial charge is 0.264 e. The summed E-state index contributed by atoms with van der Waals surface area (Å²) in [6, 6.07) is 9.13. The first kappa shape index (κ1) is 17.5. The minimum Gasteiger partial charge on any atom is -0.338 e. The molecule has 2 heterocycles. The Morgan fingerprint density at radius 2 is 2.04 bits per heavy atom. The van der Waals surface area contributed by atoms with Gasteiger partial charge in [0.25, 0.3) is 5.91 Å². The van der Waals surface area contributed by atoms with Crippen LogP contribution in [0, 0.1) is 18.3 Å². The summed E-state index contributed by atoms with van der Waals surface area (Å²) in [6.45, 7) is 3.16. The van der Waals surface area contributed by atoms with Crippen LogP contribution in [0.5, 0.6) is 0 Å². The molecule has 128 valence electrons. The lowest BCUT2D eigenvalue weighted by molar-refractivity contribution is -0.125. The molecule has 0 aliphatic carbocycles. The Hall–Kier alpha value is -2.29. The highest BCUT2D eigenvalue weighted by atomic mass is 35.5. The van der Waals surface area contributed by atoms with Crippen LogP contribution in [0.4, 0.5) is 0 Å². The normalized spacial score (nSPS) is 14.6. The topological polar surface area (TPSA) is 61.9 Å². The molecule has 3 rings (SSSR count). The number of carbonyl (C=O) groups is 1. The number of amides is 1. The number of nitrogens with zero attached hydrogens (tertiary/aromatic N) is 4. The van der Waals surface area contributed by atoms with Crippen molar-refractivity contribution < 1.29 is 4.79 Å². The van der Waals surface area contributed by atoms with Crippen molar-refractivity contribution in [2.24, 2.45) is 0 Å². The first-order chi connectivity index (χ1) is 12.0. The SMILES string of the molecule is Cc1nn(-c2cccc(Cl)c2)c(Cl)c1/C=C(/C#N)C(=O)N1CCCC1. The van der Waals surface area contributed by atoms with E-state index in [0.717, 1.165) is 12.8 Å². The van der Waals surface area contributed by atoms with E-state index in [0.29, 0.717) is 40.2 Å². The van der Waals surface area contributed by atoms with E-state index in [9.17, 15) is 10.1 Å². The van der Waals surface area contributed by atoms with Crippen LogP contribution < -0.4 is 0 Å². The van der Waals surface area contributed by atoms with Gasteiger partial charge in [-0.1, -0.05) is 29.3 Å². The number of carbonyl (C=O) groups excluding carboxylic acids is 1. The van der Waals surface area contributed by atoms with Crippen LogP contribution in [0.25, 0.3) is 11.8 Å². The molecule has 7 heteroatoms. The fourth-order valence-corrected chi connectivity index (χ4v) is 3.34. The molecule has 0 unspecified atom stereocenters. The quantitative estimate of drug-likeness (QED) is 0.601. The lowest BCUT2D eigenvalue weighted by Gasteiger charge is -2.14. The number of aromatic nitrogens is 2. The maximum atomic E-state index is 12.5. The van der Waals surface area contributed by atoms with Gasteiger partial charge in [0.2, 0.25) is 0 Å². The zero-order valence-electron chi connectivity index (χ0n) is 13.7. The van der Waals surface area contributed by atoms with Crippen molar-refractivity contribution in [3.63, 3.8) is 0 Å². The van der Waals surface area contributed by atoms with Crippen LogP contribution in [-0.2, 0) is 4.79 Å². The standard InChI is InChI=1S/C18H16Cl2N4O/c1-12-16(9-13(11-21)18(25)23-7-2-3-8-23)17(20)24(22-12)15-6-4-5-14(19)10-15/h4-6,9-10H,2-3,7-8H2,1H3/b13-9-. The van der Waals surface area contributed by atoms with Crippen molar-refractivity contribution in [3.05, 3.63) is 51.3 Å². The van der Waals surface area contributed by atoms with Gasteiger partial charge in [0, 0.05) is 23.7 Å². The molecule has 1 aromatic heterocycles. The van der Waals surface area contributed by atoms with Crippen molar-refractivity contribution in [3.8, 4) is 11.8 Å². The second kappa shape index (κ2) is 7.30. The Balaban J connectivity index is 2.00. The second-order valence-corrected chi connectivity index (χ2v) is 6.65. The molecular weight excluding hydrogens is 359 g/mol. The fraction of sp³-hybridized carbons (Fsp3) is 0.278. The van der Waals surface area contributed by atoms with E-state index in [2.05, 4.69) is 5.10 Å². The van der Waals surface area contributed by atoms with E-state index >= 15 is 0 Å². The van der Waals surface area contributed by atoms with Crippen molar-refractivity contribution in [2.75, 3.05) is 13.1 Å². The van der Waals surface area contributed by atoms with E-state index in [1.165, 1.54) is 6.08 Å². The predicted molar refractivity (Wildman–Crippen MR) is 97.7 cm³/mol. The molecule has 0 bridgehead atoms. The van der Waals surface area contributed by atoms with Crippen molar-refractivity contribution in [2.45, 2.75) is 19.8 Å². The van der Waals surface area contributed by atoms with Crippen LogP contribution >= 0.6 is 23.2 Å². The van der Waals surface area contributed by atoms with Crippen LogP contribution in [0.3, 0.4) is 0 Å². The molecule has 0 spiro atoms. The second-order valence-electron chi connectivity index (χ2n) is 5.85. The molecule has 1 aliphatic heterocycles. The number of likely N-dealkylation sites (tertiary alicyclic amines) is 1. The average Bonchev–Trinajstić information content (AvgIpc) is 3.22. The van der Waals surface area contributed by atoms with Crippen LogP contribution in [0.1, 0.15) is 24.1 Å². The van der Waals surface area contributed by atoms with Crippen LogP contribution in [-0.4, -0.2) is 33.7 Å². The Morgan fingerprint density at radius 1 is 1.32 bits per heavy atom. The van der Waals surface area contributed by atoms with Gasteiger partial charge in [-0.3, -0.25) is 4.79 Å². The zero-order valence-corrected chi connectivity index (χ0v) is 15.2. The van der Waals surface area contributed by atoms with Gasteiger partial charge in [0.05, 0.1) is 11.4 Å². The molecule has 0 N–H and O–H groups in total. The Kier molecular flexibility index (Phi) is 5.12. The monoisotopic (exact) mass is 374 g/mol. The molecule has 5 nitrogen and oxygen atoms in total. The number of hydrogen-bond donors (Lipinski definition) is 0. The van der Waals surface area contributed by atoms with Gasteiger partial charge >= 0.3 is 0 Å². The van der Waals surface area contributed by atoms with Gasteiger partial charge in [-0.2, -0.15) is 10.4 Å². The van der Waals surface area contributed by atoms with Crippen LogP contribution in [0.15, 0.2) is 29.8 Å². The van der Waals surface area contributed by atoms with Gasteiger partial charge in [0.1, 0.15) is 16.8 Å². The molecule has 25 heavy (non-hydrogen) atoms. The van der Waals surface area contributed by atoms with E-state index in [4.69, 9.17) is 23.2 Å². The number of nitriles is 1. The summed E-state index contributed by atoms with van der Waals surface area (Å²) in [5, 5.41) is 14.7. The molecule has 2 aromatic rings. The minimum absolute atomic E-state index is 0.0672. The van der Waals surface area contributed by atoms with Crippen molar-refractivity contribution in [1.29, 1.82) is 5.26 Å². The molecule has 1 amide bonds. The summed E-state index contributed by atoms with van der Waals surface area (Å²) in [5.41, 5.74) is 1.97. The molecule has 0 radical (unpaired) electrons. The largest absolute Gasteiger partial charge is 0.338 e. The highest BCUT2D eigenvalue weighted by Crippen LogP contribution is 2.27. The Labute approximate surface area is 156 Å². The maximum Gasteiger partial charge on any atom is 0.264 e. The summed E-state index contributed by atoms with van der Waals surface area (Å²) >= 11 is 12.5. The van der Waals surface area contributed by atoms with Gasteiger partial charge in [-0.05, 0) is 44.0 Å². The number of hydrogen-bond acceptors (Lipinski definition) is 3. The van der Waals surface area contributed by atoms with Gasteiger partial charge < -0.3 is 4.90 Å². The van der Waals surface area contributed by atoms with E-state index in [1.807, 2.05) is 12.1 Å². The zero-order chi connectivity index (χ0) is 18.0. The van der Waals surface area contributed by atoms with E-state index in [-0.39, 0.29) is 11.5 Å². The summed E-state index contributed by atoms with van der Waals surface area (Å²) in [4.78, 5) is 14.2. The Bertz CT molecular complexity index is 889. The average molecular weight is 375 g/mol. The van der Waals surface area contributed by atoms with Gasteiger partial charge in [-0.15, -0.1) is 0 Å². The summed E-state index contributed by atoms with van der Waals surface area (Å²) < 4.78 is 1.55. The first-order valence-corrected chi connectivity index (χ1v) is 8.69. The minimum atomic E-state index is -0.258. The first-order valence-electron chi connectivity index (χ1n) is 7.93. The summed E-state index contributed by atoms with van der Waals surface area (Å²) in [7, 11) is 0. The van der Waals surface area contributed by atoms with Crippen molar-refractivity contribution >= 4 is 35.2 Å². The van der Waals surface area contributed by atoms with Crippen LogP contribution in [0.2, 0.25) is 10.2 Å². The third kappa shape index (κ3) is 3.55. The summed E-state index contributed by atoms with van der Waals surface area (Å²) in [5.74, 6) is -0.258. The summed E-state index contributed by atoms with van der Waals surface area (Å²) in [6.07, 6.45) is 3.46. The molecule has 1 aromatic carbocycles. The molecule has 0 atom stereocenters. The molecular formula is C18H16Cl2N4O. The van der Waals surface area contributed by atoms with E-state index in [1.54, 1.807) is 34.7 Å². The number of benzene rings is 1. The van der Waals surface area contributed by atoms with E-state index < -0.39 is 0 Å². The third-order valence-electron chi connectivity index (χ3n) is 4.13. The lowest BCUT2D eigenvalue weighted by atomic mass is 10.1. The number of halogens is 2. The number of rotatable bonds is 3. The molecule has 0 saturated carbocycles. The number of aryl methyl sites for hydroxylation is 1. The maximum absolute atomic E-state index is 12.5. The molecule has 1 aliphatic rings.